The number of rotatable bonds is 5. The molecule has 20 heavy (non-hydrogen) atoms. The first-order valence-corrected chi connectivity index (χ1v) is 9.15. The normalized spacial score (nSPS) is 26.4. The lowest BCUT2D eigenvalue weighted by Gasteiger charge is -2.37. The second-order valence-corrected chi connectivity index (χ2v) is 7.85. The summed E-state index contributed by atoms with van der Waals surface area (Å²) in [4.78, 5) is 4.42. The topological polar surface area (TPSA) is 15.3 Å². The van der Waals surface area contributed by atoms with Crippen molar-refractivity contribution in [1.82, 2.24) is 10.2 Å². The molecule has 3 rings (SSSR count). The molecule has 2 heterocycles. The van der Waals surface area contributed by atoms with E-state index >= 15 is 0 Å². The molecule has 2 nitrogen and oxygen atoms in total. The highest BCUT2D eigenvalue weighted by atomic mass is 32.1. The van der Waals surface area contributed by atoms with E-state index < -0.39 is 0 Å². The Balaban J connectivity index is 1.75. The summed E-state index contributed by atoms with van der Waals surface area (Å²) in [7, 11) is 0. The van der Waals surface area contributed by atoms with Gasteiger partial charge in [-0.2, -0.15) is 0 Å². The van der Waals surface area contributed by atoms with Crippen molar-refractivity contribution in [3.8, 4) is 0 Å². The Kier molecular flexibility index (Phi) is 4.79. The second kappa shape index (κ2) is 6.59. The molecule has 0 aromatic carbocycles. The monoisotopic (exact) mass is 292 g/mol. The van der Waals surface area contributed by atoms with E-state index in [9.17, 15) is 0 Å². The van der Waals surface area contributed by atoms with Crippen LogP contribution in [0.1, 0.15) is 56.0 Å². The number of thiophene rings is 1. The Morgan fingerprint density at radius 1 is 1.35 bits per heavy atom. The van der Waals surface area contributed by atoms with Crippen molar-refractivity contribution >= 4 is 11.3 Å². The van der Waals surface area contributed by atoms with Crippen LogP contribution < -0.4 is 5.32 Å². The van der Waals surface area contributed by atoms with Crippen molar-refractivity contribution in [1.29, 1.82) is 0 Å². The molecule has 2 atom stereocenters. The highest BCUT2D eigenvalue weighted by Crippen LogP contribution is 2.37. The van der Waals surface area contributed by atoms with E-state index in [1.807, 2.05) is 11.3 Å². The summed E-state index contributed by atoms with van der Waals surface area (Å²) in [5.41, 5.74) is 1.64. The maximum atomic E-state index is 3.68. The van der Waals surface area contributed by atoms with Crippen LogP contribution in [0.15, 0.2) is 11.4 Å². The highest BCUT2D eigenvalue weighted by molar-refractivity contribution is 7.10. The summed E-state index contributed by atoms with van der Waals surface area (Å²) in [6, 6.07) is 3.78. The van der Waals surface area contributed by atoms with Crippen molar-refractivity contribution in [3.63, 3.8) is 0 Å². The number of hydrogen-bond acceptors (Lipinski definition) is 3. The van der Waals surface area contributed by atoms with Crippen molar-refractivity contribution in [2.75, 3.05) is 19.6 Å². The van der Waals surface area contributed by atoms with Gasteiger partial charge in [0.05, 0.1) is 0 Å². The predicted octanol–water partition coefficient (Wildman–Crippen LogP) is 3.84. The molecule has 1 aromatic heterocycles. The molecule has 0 amide bonds. The van der Waals surface area contributed by atoms with E-state index in [1.54, 1.807) is 10.4 Å². The summed E-state index contributed by atoms with van der Waals surface area (Å²) >= 11 is 1.97. The Labute approximate surface area is 127 Å². The summed E-state index contributed by atoms with van der Waals surface area (Å²) in [6.45, 7) is 8.39. The van der Waals surface area contributed by atoms with Gasteiger partial charge in [0, 0.05) is 30.1 Å². The van der Waals surface area contributed by atoms with E-state index in [1.165, 1.54) is 51.7 Å². The van der Waals surface area contributed by atoms with Gasteiger partial charge in [0.25, 0.3) is 0 Å². The fraction of sp³-hybridized carbons (Fsp3) is 0.765. The van der Waals surface area contributed by atoms with Gasteiger partial charge in [-0.3, -0.25) is 4.90 Å². The first kappa shape index (κ1) is 14.6. The van der Waals surface area contributed by atoms with Gasteiger partial charge in [0.1, 0.15) is 0 Å². The zero-order chi connectivity index (χ0) is 13.9. The molecule has 1 aliphatic carbocycles. The van der Waals surface area contributed by atoms with Crippen LogP contribution in [0.4, 0.5) is 0 Å². The SMILES string of the molecule is CC(C)CN(CC1CCCN1)C1CCCc2sccc21. The average molecular weight is 292 g/mol. The van der Waals surface area contributed by atoms with Gasteiger partial charge < -0.3 is 5.32 Å². The Hall–Kier alpha value is -0.380. The fourth-order valence-electron chi connectivity index (χ4n) is 3.84. The van der Waals surface area contributed by atoms with E-state index in [0.717, 1.165) is 12.0 Å². The summed E-state index contributed by atoms with van der Waals surface area (Å²) in [6.07, 6.45) is 6.74. The van der Waals surface area contributed by atoms with Gasteiger partial charge >= 0.3 is 0 Å². The average Bonchev–Trinajstić information content (AvgIpc) is 3.07. The van der Waals surface area contributed by atoms with Crippen LogP contribution in [0.3, 0.4) is 0 Å². The molecule has 3 heteroatoms. The van der Waals surface area contributed by atoms with Crippen LogP contribution in [0.2, 0.25) is 0 Å². The molecule has 1 fully saturated rings. The Morgan fingerprint density at radius 3 is 3.00 bits per heavy atom. The lowest BCUT2D eigenvalue weighted by Crippen LogP contribution is -2.42. The summed E-state index contributed by atoms with van der Waals surface area (Å²) < 4.78 is 0. The first-order chi connectivity index (χ1) is 9.74. The third-order valence-corrected chi connectivity index (χ3v) is 5.67. The molecule has 0 bridgehead atoms. The minimum absolute atomic E-state index is 0.676. The predicted molar refractivity (Wildman–Crippen MR) is 87.4 cm³/mol. The lowest BCUT2D eigenvalue weighted by molar-refractivity contribution is 0.147. The second-order valence-electron chi connectivity index (χ2n) is 6.85. The van der Waals surface area contributed by atoms with Gasteiger partial charge in [0.15, 0.2) is 0 Å². The molecule has 112 valence electrons. The van der Waals surface area contributed by atoms with Crippen LogP contribution in [-0.2, 0) is 6.42 Å². The van der Waals surface area contributed by atoms with Gasteiger partial charge in [-0.15, -0.1) is 11.3 Å². The van der Waals surface area contributed by atoms with Crippen molar-refractivity contribution in [2.45, 2.75) is 58.0 Å². The molecule has 2 aliphatic rings. The highest BCUT2D eigenvalue weighted by Gasteiger charge is 2.29. The van der Waals surface area contributed by atoms with Crippen molar-refractivity contribution in [2.24, 2.45) is 5.92 Å². The van der Waals surface area contributed by atoms with Crippen LogP contribution >= 0.6 is 11.3 Å². The number of nitrogens with one attached hydrogen (secondary N) is 1. The minimum Gasteiger partial charge on any atom is -0.313 e. The molecule has 0 radical (unpaired) electrons. The molecular formula is C17H28N2S. The van der Waals surface area contributed by atoms with Crippen LogP contribution in [0.25, 0.3) is 0 Å². The quantitative estimate of drug-likeness (QED) is 0.887. The molecule has 2 unspecified atom stereocenters. The molecule has 1 saturated heterocycles. The largest absolute Gasteiger partial charge is 0.313 e. The zero-order valence-electron chi connectivity index (χ0n) is 12.9. The van der Waals surface area contributed by atoms with Gasteiger partial charge in [-0.05, 0) is 61.6 Å². The molecule has 0 saturated carbocycles. The number of fused-ring (bicyclic) bond motifs is 1. The molecular weight excluding hydrogens is 264 g/mol. The smallest absolute Gasteiger partial charge is 0.0360 e. The fourth-order valence-corrected chi connectivity index (χ4v) is 4.82. The standard InChI is InChI=1S/C17H28N2S/c1-13(2)11-19(12-14-5-4-9-18-14)16-6-3-7-17-15(16)8-10-20-17/h8,10,13-14,16,18H,3-7,9,11-12H2,1-2H3. The van der Waals surface area contributed by atoms with Crippen LogP contribution in [0.5, 0.6) is 0 Å². The van der Waals surface area contributed by atoms with E-state index in [0.29, 0.717) is 6.04 Å². The lowest BCUT2D eigenvalue weighted by atomic mass is 9.91. The summed E-state index contributed by atoms with van der Waals surface area (Å²) in [5, 5.41) is 5.97. The Bertz CT molecular complexity index is 420. The van der Waals surface area contributed by atoms with Crippen LogP contribution in [0, 0.1) is 5.92 Å². The van der Waals surface area contributed by atoms with Gasteiger partial charge in [-0.1, -0.05) is 13.8 Å². The minimum atomic E-state index is 0.676. The van der Waals surface area contributed by atoms with Crippen molar-refractivity contribution < 1.29 is 0 Å². The third kappa shape index (κ3) is 3.26. The number of aryl methyl sites for hydroxylation is 1. The van der Waals surface area contributed by atoms with Crippen LogP contribution in [-0.4, -0.2) is 30.6 Å². The summed E-state index contributed by atoms with van der Waals surface area (Å²) in [5.74, 6) is 0.750. The van der Waals surface area contributed by atoms with Gasteiger partial charge in [-0.25, -0.2) is 0 Å². The maximum absolute atomic E-state index is 3.68. The maximum Gasteiger partial charge on any atom is 0.0360 e. The van der Waals surface area contributed by atoms with Gasteiger partial charge in [0.2, 0.25) is 0 Å². The molecule has 0 spiro atoms. The first-order valence-electron chi connectivity index (χ1n) is 8.27. The molecule has 1 aromatic rings. The van der Waals surface area contributed by atoms with E-state index in [-0.39, 0.29) is 0 Å². The van der Waals surface area contributed by atoms with Crippen molar-refractivity contribution in [3.05, 3.63) is 21.9 Å². The van der Waals surface area contributed by atoms with E-state index in [4.69, 9.17) is 0 Å². The molecule has 1 aliphatic heterocycles. The number of nitrogens with zero attached hydrogens (tertiary/aromatic N) is 1. The molecule has 1 N–H and O–H groups in total. The van der Waals surface area contributed by atoms with E-state index in [2.05, 4.69) is 35.5 Å². The third-order valence-electron chi connectivity index (χ3n) is 4.68. The zero-order valence-corrected chi connectivity index (χ0v) is 13.7. The number of hydrogen-bond donors (Lipinski definition) is 1. The Morgan fingerprint density at radius 2 is 2.25 bits per heavy atom.